The first kappa shape index (κ1) is 12.5. The fraction of sp³-hybridized carbons (Fsp3) is 0.250. The first-order valence-electron chi connectivity index (χ1n) is 5.84. The predicted octanol–water partition coefficient (Wildman–Crippen LogP) is 4.70. The summed E-state index contributed by atoms with van der Waals surface area (Å²) in [5, 5.41) is 0. The smallest absolute Gasteiger partial charge is 0.0279 e. The molecule has 0 atom stereocenters. The van der Waals surface area contributed by atoms with E-state index in [0.717, 1.165) is 6.42 Å². The van der Waals surface area contributed by atoms with E-state index in [1.54, 1.807) is 0 Å². The quantitative estimate of drug-likeness (QED) is 0.454. The van der Waals surface area contributed by atoms with Crippen LogP contribution in [-0.2, 0) is 6.42 Å². The zero-order valence-corrected chi connectivity index (χ0v) is 9.86. The van der Waals surface area contributed by atoms with E-state index in [1.807, 2.05) is 18.2 Å². The van der Waals surface area contributed by atoms with Crippen LogP contribution in [0.15, 0.2) is 67.3 Å². The molecule has 1 rings (SSSR count). The van der Waals surface area contributed by atoms with Gasteiger partial charge in [0.05, 0.1) is 0 Å². The molecule has 0 radical (unpaired) electrons. The summed E-state index contributed by atoms with van der Waals surface area (Å²) in [6, 6.07) is 10.6. The number of allylic oxidation sites excluding steroid dienone is 4. The van der Waals surface area contributed by atoms with Gasteiger partial charge in [-0.25, -0.2) is 0 Å². The fourth-order valence-electron chi connectivity index (χ4n) is 1.71. The molecular weight excluding hydrogens is 192 g/mol. The van der Waals surface area contributed by atoms with Gasteiger partial charge < -0.3 is 0 Å². The Morgan fingerprint density at radius 1 is 1.06 bits per heavy atom. The largest absolute Gasteiger partial charge is 0.0991 e. The van der Waals surface area contributed by atoms with Crippen LogP contribution in [-0.4, -0.2) is 0 Å². The van der Waals surface area contributed by atoms with Crippen LogP contribution in [0.5, 0.6) is 0 Å². The number of rotatable bonds is 7. The summed E-state index contributed by atoms with van der Waals surface area (Å²) in [6.45, 7) is 7.50. The van der Waals surface area contributed by atoms with Gasteiger partial charge in [-0.1, -0.05) is 61.7 Å². The molecule has 0 spiro atoms. The van der Waals surface area contributed by atoms with Gasteiger partial charge in [-0.15, -0.1) is 0 Å². The maximum absolute atomic E-state index is 3.80. The van der Waals surface area contributed by atoms with E-state index in [2.05, 4.69) is 43.5 Å². The van der Waals surface area contributed by atoms with Crippen LogP contribution in [0.4, 0.5) is 0 Å². The second-order valence-corrected chi connectivity index (χ2v) is 3.87. The molecule has 0 aliphatic rings. The predicted molar refractivity (Wildman–Crippen MR) is 72.5 cm³/mol. The normalized spacial score (nSPS) is 11.1. The minimum Gasteiger partial charge on any atom is -0.0991 e. The molecule has 16 heavy (non-hydrogen) atoms. The highest BCUT2D eigenvalue weighted by molar-refractivity contribution is 5.21. The number of hydrogen-bond acceptors (Lipinski definition) is 0. The van der Waals surface area contributed by atoms with Crippen LogP contribution in [0.3, 0.4) is 0 Å². The lowest BCUT2D eigenvalue weighted by Crippen LogP contribution is -1.86. The average Bonchev–Trinajstić information content (AvgIpc) is 2.34. The Morgan fingerprint density at radius 3 is 2.44 bits per heavy atom. The van der Waals surface area contributed by atoms with E-state index in [-0.39, 0.29) is 0 Å². The first-order chi connectivity index (χ1) is 7.86. The molecule has 1 aromatic rings. The summed E-state index contributed by atoms with van der Waals surface area (Å²) in [5.41, 5.74) is 2.71. The van der Waals surface area contributed by atoms with E-state index >= 15 is 0 Å². The average molecular weight is 212 g/mol. The summed E-state index contributed by atoms with van der Waals surface area (Å²) < 4.78 is 0. The summed E-state index contributed by atoms with van der Waals surface area (Å²) in [7, 11) is 0. The van der Waals surface area contributed by atoms with Crippen molar-refractivity contribution in [2.24, 2.45) is 0 Å². The van der Waals surface area contributed by atoms with Crippen molar-refractivity contribution in [3.8, 4) is 0 Å². The molecule has 1 aromatic carbocycles. The monoisotopic (exact) mass is 212 g/mol. The van der Waals surface area contributed by atoms with E-state index < -0.39 is 0 Å². The molecule has 0 amide bonds. The Kier molecular flexibility index (Phi) is 6.02. The molecule has 0 N–H and O–H groups in total. The second-order valence-electron chi connectivity index (χ2n) is 3.87. The molecule has 0 aromatic heterocycles. The van der Waals surface area contributed by atoms with Crippen LogP contribution < -0.4 is 0 Å². The van der Waals surface area contributed by atoms with Gasteiger partial charge in [0.2, 0.25) is 0 Å². The standard InChI is InChI=1S/C16H20/c1-3-10-15(4-2)11-8-9-14-16-12-6-5-7-13-16/h3-7,10,12-13H,1-2,8-9,11,14H2/b15-10+. The zero-order valence-electron chi connectivity index (χ0n) is 9.86. The van der Waals surface area contributed by atoms with Gasteiger partial charge in [0.15, 0.2) is 0 Å². The summed E-state index contributed by atoms with van der Waals surface area (Å²) in [5.74, 6) is 0. The topological polar surface area (TPSA) is 0 Å². The van der Waals surface area contributed by atoms with Gasteiger partial charge in [0.1, 0.15) is 0 Å². The Morgan fingerprint density at radius 2 is 1.81 bits per heavy atom. The highest BCUT2D eigenvalue weighted by Gasteiger charge is 1.94. The van der Waals surface area contributed by atoms with E-state index in [1.165, 1.54) is 30.4 Å². The molecule has 0 saturated carbocycles. The first-order valence-corrected chi connectivity index (χ1v) is 5.84. The van der Waals surface area contributed by atoms with Gasteiger partial charge in [0, 0.05) is 0 Å². The number of aryl methyl sites for hydroxylation is 1. The number of benzene rings is 1. The van der Waals surface area contributed by atoms with Gasteiger partial charge in [-0.2, -0.15) is 0 Å². The van der Waals surface area contributed by atoms with Crippen LogP contribution >= 0.6 is 0 Å². The number of unbranched alkanes of at least 4 members (excludes halogenated alkanes) is 1. The van der Waals surface area contributed by atoms with Crippen molar-refractivity contribution in [1.82, 2.24) is 0 Å². The molecule has 0 aliphatic heterocycles. The number of hydrogen-bond donors (Lipinski definition) is 0. The molecule has 0 bridgehead atoms. The Hall–Kier alpha value is -1.56. The van der Waals surface area contributed by atoms with E-state index in [9.17, 15) is 0 Å². The SMILES string of the molecule is C=C/C=C(\C=C)CCCCc1ccccc1. The maximum atomic E-state index is 3.80. The lowest BCUT2D eigenvalue weighted by atomic mass is 10.0. The molecule has 0 heteroatoms. The van der Waals surface area contributed by atoms with Crippen LogP contribution in [0.1, 0.15) is 24.8 Å². The van der Waals surface area contributed by atoms with Crippen molar-refractivity contribution >= 4 is 0 Å². The third kappa shape index (κ3) is 4.79. The molecule has 0 heterocycles. The highest BCUT2D eigenvalue weighted by Crippen LogP contribution is 2.11. The maximum Gasteiger partial charge on any atom is -0.0279 e. The van der Waals surface area contributed by atoms with Crippen molar-refractivity contribution in [2.75, 3.05) is 0 Å². The fourth-order valence-corrected chi connectivity index (χ4v) is 1.71. The Labute approximate surface area is 99.0 Å². The summed E-state index contributed by atoms with van der Waals surface area (Å²) >= 11 is 0. The summed E-state index contributed by atoms with van der Waals surface area (Å²) in [4.78, 5) is 0. The minimum atomic E-state index is 1.10. The molecule has 0 saturated heterocycles. The zero-order chi connectivity index (χ0) is 11.6. The summed E-state index contributed by atoms with van der Waals surface area (Å²) in [6.07, 6.45) is 10.5. The van der Waals surface area contributed by atoms with Gasteiger partial charge in [-0.05, 0) is 36.8 Å². The Balaban J connectivity index is 2.24. The molecule has 0 fully saturated rings. The highest BCUT2D eigenvalue weighted by atomic mass is 14.0. The van der Waals surface area contributed by atoms with Crippen LogP contribution in [0.2, 0.25) is 0 Å². The molecule has 0 aliphatic carbocycles. The molecule has 84 valence electrons. The van der Waals surface area contributed by atoms with Crippen molar-refractivity contribution in [1.29, 1.82) is 0 Å². The lowest BCUT2D eigenvalue weighted by molar-refractivity contribution is 0.736. The lowest BCUT2D eigenvalue weighted by Gasteiger charge is -2.02. The van der Waals surface area contributed by atoms with E-state index in [4.69, 9.17) is 0 Å². The molecular formula is C16H20. The minimum absolute atomic E-state index is 1.10. The third-order valence-corrected chi connectivity index (χ3v) is 2.62. The third-order valence-electron chi connectivity index (χ3n) is 2.62. The van der Waals surface area contributed by atoms with Crippen molar-refractivity contribution in [3.63, 3.8) is 0 Å². The van der Waals surface area contributed by atoms with E-state index in [0.29, 0.717) is 0 Å². The molecule has 0 nitrogen and oxygen atoms in total. The van der Waals surface area contributed by atoms with Gasteiger partial charge in [0.25, 0.3) is 0 Å². The Bertz CT molecular complexity index is 344. The molecule has 0 unspecified atom stereocenters. The van der Waals surface area contributed by atoms with Crippen LogP contribution in [0, 0.1) is 0 Å². The van der Waals surface area contributed by atoms with Gasteiger partial charge >= 0.3 is 0 Å². The van der Waals surface area contributed by atoms with Crippen molar-refractivity contribution in [3.05, 3.63) is 72.9 Å². The van der Waals surface area contributed by atoms with Crippen molar-refractivity contribution < 1.29 is 0 Å². The van der Waals surface area contributed by atoms with Crippen LogP contribution in [0.25, 0.3) is 0 Å². The van der Waals surface area contributed by atoms with Gasteiger partial charge in [-0.3, -0.25) is 0 Å². The van der Waals surface area contributed by atoms with Crippen molar-refractivity contribution in [2.45, 2.75) is 25.7 Å². The second kappa shape index (κ2) is 7.70.